The normalized spacial score (nSPS) is 20.9. The predicted molar refractivity (Wildman–Crippen MR) is 78.2 cm³/mol. The molecule has 0 aromatic rings. The lowest BCUT2D eigenvalue weighted by Crippen LogP contribution is -2.47. The molecule has 2 atom stereocenters. The number of piperidine rings is 1. The third-order valence-corrected chi connectivity index (χ3v) is 3.49. The van der Waals surface area contributed by atoms with Gasteiger partial charge in [-0.25, -0.2) is 0 Å². The lowest BCUT2D eigenvalue weighted by atomic mass is 10.1. The summed E-state index contributed by atoms with van der Waals surface area (Å²) in [5, 5.41) is 3.29. The maximum absolute atomic E-state index is 11.8. The molecule has 2 unspecified atom stereocenters. The molecule has 0 spiro atoms. The van der Waals surface area contributed by atoms with Crippen molar-refractivity contribution in [2.75, 3.05) is 19.6 Å². The summed E-state index contributed by atoms with van der Waals surface area (Å²) >= 11 is 0. The lowest BCUT2D eigenvalue weighted by Gasteiger charge is -2.33. The van der Waals surface area contributed by atoms with E-state index in [1.54, 1.807) is 0 Å². The van der Waals surface area contributed by atoms with Crippen LogP contribution in [0.1, 0.15) is 53.9 Å². The number of nitrogens with zero attached hydrogens (tertiary/aromatic N) is 1. The van der Waals surface area contributed by atoms with Gasteiger partial charge in [0.15, 0.2) is 0 Å². The number of rotatable bonds is 5. The first-order valence-electron chi connectivity index (χ1n) is 7.50. The predicted octanol–water partition coefficient (Wildman–Crippen LogP) is 2.18. The zero-order chi connectivity index (χ0) is 14.5. The minimum Gasteiger partial charge on any atom is -0.459 e. The molecule has 19 heavy (non-hydrogen) atoms. The molecule has 1 fully saturated rings. The molecule has 0 bridgehead atoms. The summed E-state index contributed by atoms with van der Waals surface area (Å²) < 4.78 is 5.36. The molecule has 4 nitrogen and oxygen atoms in total. The first-order valence-corrected chi connectivity index (χ1v) is 7.50. The molecule has 1 rings (SSSR count). The molecule has 4 heteroatoms. The second kappa shape index (κ2) is 7.25. The highest BCUT2D eigenvalue weighted by Crippen LogP contribution is 2.12. The molecule has 1 aliphatic heterocycles. The SMILES string of the molecule is CC(NCC(C)N1CCCCC1)C(=O)OC(C)(C)C. The van der Waals surface area contributed by atoms with Crippen LogP contribution in [-0.2, 0) is 9.53 Å². The fraction of sp³-hybridized carbons (Fsp3) is 0.933. The van der Waals surface area contributed by atoms with Gasteiger partial charge in [0.05, 0.1) is 0 Å². The van der Waals surface area contributed by atoms with Crippen molar-refractivity contribution in [2.24, 2.45) is 0 Å². The van der Waals surface area contributed by atoms with Crippen molar-refractivity contribution in [1.29, 1.82) is 0 Å². The maximum Gasteiger partial charge on any atom is 0.323 e. The Hall–Kier alpha value is -0.610. The average Bonchev–Trinajstić information content (AvgIpc) is 2.34. The van der Waals surface area contributed by atoms with Crippen molar-refractivity contribution < 1.29 is 9.53 Å². The zero-order valence-electron chi connectivity index (χ0n) is 13.2. The van der Waals surface area contributed by atoms with Gasteiger partial charge in [0, 0.05) is 12.6 Å². The second-order valence-corrected chi connectivity index (χ2v) is 6.61. The van der Waals surface area contributed by atoms with Crippen molar-refractivity contribution in [3.05, 3.63) is 0 Å². The number of carbonyl (C=O) groups is 1. The number of esters is 1. The molecule has 0 aromatic carbocycles. The molecule has 0 aliphatic carbocycles. The van der Waals surface area contributed by atoms with E-state index in [-0.39, 0.29) is 12.0 Å². The van der Waals surface area contributed by atoms with E-state index in [1.165, 1.54) is 32.4 Å². The highest BCUT2D eigenvalue weighted by Gasteiger charge is 2.23. The van der Waals surface area contributed by atoms with Crippen LogP contribution in [0.25, 0.3) is 0 Å². The molecule has 1 heterocycles. The molecule has 1 aliphatic rings. The van der Waals surface area contributed by atoms with Gasteiger partial charge in [-0.2, -0.15) is 0 Å². The van der Waals surface area contributed by atoms with Gasteiger partial charge in [0.1, 0.15) is 11.6 Å². The molecule has 112 valence electrons. The maximum atomic E-state index is 11.8. The molecule has 0 saturated carbocycles. The Bertz CT molecular complexity index is 280. The zero-order valence-corrected chi connectivity index (χ0v) is 13.2. The smallest absolute Gasteiger partial charge is 0.323 e. The van der Waals surface area contributed by atoms with Crippen LogP contribution in [-0.4, -0.2) is 48.2 Å². The number of nitrogens with one attached hydrogen (secondary N) is 1. The van der Waals surface area contributed by atoms with Crippen molar-refractivity contribution >= 4 is 5.97 Å². The van der Waals surface area contributed by atoms with Crippen LogP contribution in [0.15, 0.2) is 0 Å². The summed E-state index contributed by atoms with van der Waals surface area (Å²) in [5.74, 6) is -0.168. The van der Waals surface area contributed by atoms with Crippen LogP contribution in [0.2, 0.25) is 0 Å². The summed E-state index contributed by atoms with van der Waals surface area (Å²) in [7, 11) is 0. The summed E-state index contributed by atoms with van der Waals surface area (Å²) in [4.78, 5) is 14.3. The van der Waals surface area contributed by atoms with E-state index in [0.29, 0.717) is 6.04 Å². The van der Waals surface area contributed by atoms with E-state index in [0.717, 1.165) is 6.54 Å². The monoisotopic (exact) mass is 270 g/mol. The Morgan fingerprint density at radius 3 is 2.32 bits per heavy atom. The van der Waals surface area contributed by atoms with Crippen molar-refractivity contribution in [3.63, 3.8) is 0 Å². The van der Waals surface area contributed by atoms with Crippen LogP contribution >= 0.6 is 0 Å². The molecule has 0 radical (unpaired) electrons. The van der Waals surface area contributed by atoms with E-state index < -0.39 is 5.60 Å². The Labute approximate surface area is 117 Å². The Morgan fingerprint density at radius 2 is 1.79 bits per heavy atom. The van der Waals surface area contributed by atoms with Gasteiger partial charge in [-0.05, 0) is 60.5 Å². The van der Waals surface area contributed by atoms with Gasteiger partial charge >= 0.3 is 5.97 Å². The topological polar surface area (TPSA) is 41.6 Å². The first-order chi connectivity index (χ1) is 8.79. The summed E-state index contributed by atoms with van der Waals surface area (Å²) in [6.45, 7) is 13.0. The lowest BCUT2D eigenvalue weighted by molar-refractivity contribution is -0.157. The molecule has 0 aromatic heterocycles. The third kappa shape index (κ3) is 6.39. The van der Waals surface area contributed by atoms with Gasteiger partial charge in [-0.1, -0.05) is 6.42 Å². The average molecular weight is 270 g/mol. The van der Waals surface area contributed by atoms with Crippen molar-refractivity contribution in [3.8, 4) is 0 Å². The number of hydrogen-bond donors (Lipinski definition) is 1. The van der Waals surface area contributed by atoms with Gasteiger partial charge in [0.2, 0.25) is 0 Å². The summed E-state index contributed by atoms with van der Waals surface area (Å²) in [6.07, 6.45) is 3.95. The number of hydrogen-bond acceptors (Lipinski definition) is 4. The van der Waals surface area contributed by atoms with Gasteiger partial charge < -0.3 is 10.1 Å². The fourth-order valence-corrected chi connectivity index (χ4v) is 2.31. The third-order valence-electron chi connectivity index (χ3n) is 3.49. The largest absolute Gasteiger partial charge is 0.459 e. The number of ether oxygens (including phenoxy) is 1. The number of likely N-dealkylation sites (tertiary alicyclic amines) is 1. The van der Waals surface area contributed by atoms with E-state index >= 15 is 0 Å². The van der Waals surface area contributed by atoms with Crippen molar-refractivity contribution in [2.45, 2.75) is 71.6 Å². The van der Waals surface area contributed by atoms with E-state index in [4.69, 9.17) is 4.74 Å². The minimum absolute atomic E-state index is 0.168. The Kier molecular flexibility index (Phi) is 6.27. The van der Waals surface area contributed by atoms with Crippen LogP contribution in [0.3, 0.4) is 0 Å². The summed E-state index contributed by atoms with van der Waals surface area (Å²) in [5.41, 5.74) is -0.411. The van der Waals surface area contributed by atoms with E-state index in [9.17, 15) is 4.79 Å². The van der Waals surface area contributed by atoms with Crippen LogP contribution in [0.4, 0.5) is 0 Å². The fourth-order valence-electron chi connectivity index (χ4n) is 2.31. The van der Waals surface area contributed by atoms with Crippen molar-refractivity contribution in [1.82, 2.24) is 10.2 Å². The van der Waals surface area contributed by atoms with Crippen LogP contribution in [0, 0.1) is 0 Å². The quantitative estimate of drug-likeness (QED) is 0.778. The van der Waals surface area contributed by atoms with Gasteiger partial charge in [-0.15, -0.1) is 0 Å². The molecule has 0 amide bonds. The van der Waals surface area contributed by atoms with Gasteiger partial charge in [0.25, 0.3) is 0 Å². The van der Waals surface area contributed by atoms with E-state index in [2.05, 4.69) is 17.1 Å². The van der Waals surface area contributed by atoms with Crippen LogP contribution in [0.5, 0.6) is 0 Å². The molecular weight excluding hydrogens is 240 g/mol. The summed E-state index contributed by atoms with van der Waals surface area (Å²) in [6, 6.07) is 0.233. The Balaban J connectivity index is 2.28. The van der Waals surface area contributed by atoms with Gasteiger partial charge in [-0.3, -0.25) is 9.69 Å². The van der Waals surface area contributed by atoms with Crippen LogP contribution < -0.4 is 5.32 Å². The Morgan fingerprint density at radius 1 is 1.21 bits per heavy atom. The number of carbonyl (C=O) groups excluding carboxylic acids is 1. The first kappa shape index (κ1) is 16.4. The molecular formula is C15H30N2O2. The standard InChI is InChI=1S/C15H30N2O2/c1-12(17-9-7-6-8-10-17)11-16-13(2)14(18)19-15(3,4)5/h12-13,16H,6-11H2,1-5H3. The molecule has 1 saturated heterocycles. The minimum atomic E-state index is -0.411. The molecule has 1 N–H and O–H groups in total. The highest BCUT2D eigenvalue weighted by atomic mass is 16.6. The highest BCUT2D eigenvalue weighted by molar-refractivity contribution is 5.75. The second-order valence-electron chi connectivity index (χ2n) is 6.61. The van der Waals surface area contributed by atoms with E-state index in [1.807, 2.05) is 27.7 Å².